The van der Waals surface area contributed by atoms with Crippen molar-refractivity contribution in [2.75, 3.05) is 23.7 Å². The lowest BCUT2D eigenvalue weighted by molar-refractivity contribution is 0.614. The summed E-state index contributed by atoms with van der Waals surface area (Å²) >= 11 is 0. The van der Waals surface area contributed by atoms with Gasteiger partial charge < -0.3 is 10.6 Å². The lowest BCUT2D eigenvalue weighted by Crippen LogP contribution is -2.28. The molecule has 0 radical (unpaired) electrons. The van der Waals surface area contributed by atoms with Crippen LogP contribution in [0.4, 0.5) is 11.5 Å². The molecule has 1 heterocycles. The topological polar surface area (TPSA) is 65.9 Å². The molecule has 1 aromatic heterocycles. The largest absolute Gasteiger partial charge is 0.397 e. The van der Waals surface area contributed by atoms with Gasteiger partial charge in [-0.1, -0.05) is 13.8 Å². The van der Waals surface area contributed by atoms with Crippen molar-refractivity contribution in [2.24, 2.45) is 5.92 Å². The van der Waals surface area contributed by atoms with Crippen molar-refractivity contribution in [3.8, 4) is 6.07 Å². The van der Waals surface area contributed by atoms with E-state index in [1.807, 2.05) is 0 Å². The van der Waals surface area contributed by atoms with E-state index in [2.05, 4.69) is 36.7 Å². The van der Waals surface area contributed by atoms with Crippen molar-refractivity contribution < 1.29 is 0 Å². The Bertz CT molecular complexity index is 392. The van der Waals surface area contributed by atoms with Crippen LogP contribution in [0.25, 0.3) is 0 Å². The van der Waals surface area contributed by atoms with E-state index in [4.69, 9.17) is 11.0 Å². The third kappa shape index (κ3) is 2.86. The van der Waals surface area contributed by atoms with Gasteiger partial charge in [-0.3, -0.25) is 0 Å². The third-order valence-corrected chi connectivity index (χ3v) is 2.28. The number of nitrogens with zero attached hydrogens (tertiary/aromatic N) is 3. The molecule has 16 heavy (non-hydrogen) atoms. The van der Waals surface area contributed by atoms with Crippen LogP contribution in [-0.2, 0) is 0 Å². The van der Waals surface area contributed by atoms with Crippen LogP contribution in [0, 0.1) is 17.2 Å². The number of pyridine rings is 1. The van der Waals surface area contributed by atoms with E-state index >= 15 is 0 Å². The van der Waals surface area contributed by atoms with Gasteiger partial charge in [-0.15, -0.1) is 0 Å². The van der Waals surface area contributed by atoms with E-state index in [9.17, 15) is 0 Å². The maximum absolute atomic E-state index is 9.05. The van der Waals surface area contributed by atoms with Crippen LogP contribution >= 0.6 is 0 Å². The van der Waals surface area contributed by atoms with Crippen molar-refractivity contribution in [2.45, 2.75) is 20.8 Å². The first kappa shape index (κ1) is 12.3. The molecule has 0 fully saturated rings. The summed E-state index contributed by atoms with van der Waals surface area (Å²) in [5.41, 5.74) is 6.69. The average molecular weight is 218 g/mol. The van der Waals surface area contributed by atoms with Crippen LogP contribution < -0.4 is 10.6 Å². The fourth-order valence-electron chi connectivity index (χ4n) is 1.61. The van der Waals surface area contributed by atoms with Crippen molar-refractivity contribution >= 4 is 11.5 Å². The first-order chi connectivity index (χ1) is 7.58. The first-order valence-electron chi connectivity index (χ1n) is 5.49. The molecule has 0 saturated carbocycles. The van der Waals surface area contributed by atoms with Crippen LogP contribution in [-0.4, -0.2) is 18.1 Å². The predicted octanol–water partition coefficient (Wildman–Crippen LogP) is 2.02. The number of nitrogen functional groups attached to an aromatic ring is 1. The maximum atomic E-state index is 9.05. The molecule has 4 nitrogen and oxygen atoms in total. The summed E-state index contributed by atoms with van der Waals surface area (Å²) in [6.45, 7) is 8.07. The molecule has 2 N–H and O–H groups in total. The Balaban J connectivity index is 3.05. The number of aromatic nitrogens is 1. The molecule has 86 valence electrons. The van der Waals surface area contributed by atoms with Gasteiger partial charge in [0.05, 0.1) is 17.4 Å². The Hall–Kier alpha value is -1.76. The lowest BCUT2D eigenvalue weighted by Gasteiger charge is -2.24. The highest BCUT2D eigenvalue weighted by Crippen LogP contribution is 2.19. The molecule has 0 aliphatic rings. The van der Waals surface area contributed by atoms with E-state index < -0.39 is 0 Å². The van der Waals surface area contributed by atoms with Gasteiger partial charge in [-0.05, 0) is 18.9 Å². The second-order valence-corrected chi connectivity index (χ2v) is 4.18. The normalized spacial score (nSPS) is 10.2. The minimum atomic E-state index is 0.529. The first-order valence-corrected chi connectivity index (χ1v) is 5.49. The van der Waals surface area contributed by atoms with Gasteiger partial charge in [0.1, 0.15) is 11.9 Å². The standard InChI is InChI=1S/C12H18N4/c1-4-16(8-9(2)3)12-10(6-13)5-11(14)7-15-12/h5,7,9H,4,8,14H2,1-3H3. The summed E-state index contributed by atoms with van der Waals surface area (Å²) < 4.78 is 0. The summed E-state index contributed by atoms with van der Waals surface area (Å²) in [5.74, 6) is 1.26. The molecular weight excluding hydrogens is 200 g/mol. The van der Waals surface area contributed by atoms with Crippen LogP contribution in [0.15, 0.2) is 12.3 Å². The van der Waals surface area contributed by atoms with Gasteiger partial charge in [0.2, 0.25) is 0 Å². The molecule has 0 amide bonds. The number of hydrogen-bond donors (Lipinski definition) is 1. The quantitative estimate of drug-likeness (QED) is 0.839. The Morgan fingerprint density at radius 1 is 1.56 bits per heavy atom. The molecule has 0 aromatic carbocycles. The monoisotopic (exact) mass is 218 g/mol. The average Bonchev–Trinajstić information content (AvgIpc) is 2.25. The van der Waals surface area contributed by atoms with Crippen molar-refractivity contribution in [3.63, 3.8) is 0 Å². The van der Waals surface area contributed by atoms with Gasteiger partial charge in [-0.25, -0.2) is 4.98 Å². The molecule has 0 atom stereocenters. The summed E-state index contributed by atoms with van der Waals surface area (Å²) in [4.78, 5) is 6.35. The molecule has 4 heteroatoms. The van der Waals surface area contributed by atoms with E-state index in [0.29, 0.717) is 17.2 Å². The zero-order chi connectivity index (χ0) is 12.1. The fraction of sp³-hybridized carbons (Fsp3) is 0.500. The Labute approximate surface area is 96.7 Å². The van der Waals surface area contributed by atoms with Gasteiger partial charge in [-0.2, -0.15) is 5.26 Å². The highest BCUT2D eigenvalue weighted by molar-refractivity contribution is 5.58. The Morgan fingerprint density at radius 3 is 2.75 bits per heavy atom. The second-order valence-electron chi connectivity index (χ2n) is 4.18. The molecule has 0 aliphatic carbocycles. The molecule has 0 unspecified atom stereocenters. The lowest BCUT2D eigenvalue weighted by atomic mass is 10.2. The van der Waals surface area contributed by atoms with E-state index in [1.165, 1.54) is 0 Å². The van der Waals surface area contributed by atoms with Crippen LogP contribution in [0.5, 0.6) is 0 Å². The highest BCUT2D eigenvalue weighted by atomic mass is 15.2. The summed E-state index contributed by atoms with van der Waals surface area (Å²) in [6, 6.07) is 3.81. The zero-order valence-corrected chi connectivity index (χ0v) is 10.1. The van der Waals surface area contributed by atoms with Crippen LogP contribution in [0.2, 0.25) is 0 Å². The second kappa shape index (κ2) is 5.36. The highest BCUT2D eigenvalue weighted by Gasteiger charge is 2.12. The molecular formula is C12H18N4. The van der Waals surface area contributed by atoms with Gasteiger partial charge >= 0.3 is 0 Å². The number of anilines is 2. The fourth-order valence-corrected chi connectivity index (χ4v) is 1.61. The zero-order valence-electron chi connectivity index (χ0n) is 10.1. The van der Waals surface area contributed by atoms with Crippen LogP contribution in [0.1, 0.15) is 26.3 Å². The molecule has 0 aliphatic heterocycles. The Morgan fingerprint density at radius 2 is 2.25 bits per heavy atom. The number of nitrogens with two attached hydrogens (primary N) is 1. The minimum Gasteiger partial charge on any atom is -0.397 e. The molecule has 0 bridgehead atoms. The molecule has 1 aromatic rings. The van der Waals surface area contributed by atoms with Crippen LogP contribution in [0.3, 0.4) is 0 Å². The van der Waals surface area contributed by atoms with E-state index in [-0.39, 0.29) is 0 Å². The SMILES string of the molecule is CCN(CC(C)C)c1ncc(N)cc1C#N. The Kier molecular flexibility index (Phi) is 4.12. The van der Waals surface area contributed by atoms with Crippen molar-refractivity contribution in [1.82, 2.24) is 4.98 Å². The summed E-state index contributed by atoms with van der Waals surface area (Å²) in [7, 11) is 0. The van der Waals surface area contributed by atoms with Crippen molar-refractivity contribution in [1.29, 1.82) is 5.26 Å². The van der Waals surface area contributed by atoms with Crippen molar-refractivity contribution in [3.05, 3.63) is 17.8 Å². The van der Waals surface area contributed by atoms with Gasteiger partial charge in [0.25, 0.3) is 0 Å². The van der Waals surface area contributed by atoms with E-state index in [1.54, 1.807) is 12.3 Å². The number of rotatable bonds is 4. The smallest absolute Gasteiger partial charge is 0.146 e. The third-order valence-electron chi connectivity index (χ3n) is 2.28. The molecule has 1 rings (SSSR count). The summed E-state index contributed by atoms with van der Waals surface area (Å²) in [6.07, 6.45) is 1.60. The summed E-state index contributed by atoms with van der Waals surface area (Å²) in [5, 5.41) is 9.05. The van der Waals surface area contributed by atoms with Gasteiger partial charge in [0.15, 0.2) is 0 Å². The maximum Gasteiger partial charge on any atom is 0.146 e. The van der Waals surface area contributed by atoms with Gasteiger partial charge in [0, 0.05) is 13.1 Å². The number of hydrogen-bond acceptors (Lipinski definition) is 4. The number of nitriles is 1. The van der Waals surface area contributed by atoms with E-state index in [0.717, 1.165) is 18.9 Å². The minimum absolute atomic E-state index is 0.529. The predicted molar refractivity (Wildman–Crippen MR) is 66.1 cm³/mol. The molecule has 0 spiro atoms. The molecule has 0 saturated heterocycles.